The summed E-state index contributed by atoms with van der Waals surface area (Å²) in [5.74, 6) is 0.507. The van der Waals surface area contributed by atoms with Crippen molar-refractivity contribution in [3.8, 4) is 22.5 Å². The number of fused-ring (bicyclic) bond motifs is 1. The van der Waals surface area contributed by atoms with Gasteiger partial charge in [-0.25, -0.2) is 0 Å². The largest absolute Gasteiger partial charge is 0.253 e. The molecule has 2 nitrogen and oxygen atoms in total. The molecular formula is C34H34N2. The van der Waals surface area contributed by atoms with Crippen molar-refractivity contribution in [3.63, 3.8) is 0 Å². The van der Waals surface area contributed by atoms with E-state index in [0.29, 0.717) is 5.92 Å². The number of hydrogen-bond donors (Lipinski definition) is 0. The molecule has 0 aliphatic carbocycles. The van der Waals surface area contributed by atoms with Gasteiger partial charge in [0.05, 0.1) is 11.4 Å². The summed E-state index contributed by atoms with van der Waals surface area (Å²) < 4.78 is 0. The van der Waals surface area contributed by atoms with Gasteiger partial charge in [0, 0.05) is 27.9 Å². The first kappa shape index (κ1) is 23.9. The van der Waals surface area contributed by atoms with Crippen molar-refractivity contribution in [2.45, 2.75) is 52.4 Å². The quantitative estimate of drug-likeness (QED) is 0.211. The van der Waals surface area contributed by atoms with Crippen LogP contribution in [-0.4, -0.2) is 9.97 Å². The Morgan fingerprint density at radius 2 is 1.39 bits per heavy atom. The molecule has 36 heavy (non-hydrogen) atoms. The SMILES string of the molecule is Cc1ccc(-c2nc(CCCCc3cccc(-c4ccccc4)n3)cc3cc(C(C)C)ccc23)cc1. The van der Waals surface area contributed by atoms with Gasteiger partial charge in [0.25, 0.3) is 0 Å². The first-order chi connectivity index (χ1) is 17.6. The fraction of sp³-hybridized carbons (Fsp3) is 0.235. The molecule has 0 bridgehead atoms. The van der Waals surface area contributed by atoms with E-state index in [1.54, 1.807) is 0 Å². The molecule has 2 heteroatoms. The van der Waals surface area contributed by atoms with Crippen molar-refractivity contribution in [1.82, 2.24) is 9.97 Å². The molecule has 0 spiro atoms. The van der Waals surface area contributed by atoms with Crippen LogP contribution in [0.2, 0.25) is 0 Å². The Kier molecular flexibility index (Phi) is 7.23. The predicted molar refractivity (Wildman–Crippen MR) is 152 cm³/mol. The van der Waals surface area contributed by atoms with Crippen LogP contribution in [0.1, 0.15) is 55.1 Å². The molecule has 0 radical (unpaired) electrons. The highest BCUT2D eigenvalue weighted by molar-refractivity contribution is 5.95. The number of pyridine rings is 2. The van der Waals surface area contributed by atoms with Crippen molar-refractivity contribution in [2.75, 3.05) is 0 Å². The molecule has 0 aliphatic rings. The lowest BCUT2D eigenvalue weighted by Crippen LogP contribution is -1.98. The van der Waals surface area contributed by atoms with E-state index in [4.69, 9.17) is 9.97 Å². The molecule has 0 unspecified atom stereocenters. The number of unbranched alkanes of at least 4 members (excludes halogenated alkanes) is 1. The normalized spacial score (nSPS) is 11.3. The predicted octanol–water partition coefficient (Wildman–Crippen LogP) is 8.96. The monoisotopic (exact) mass is 470 g/mol. The van der Waals surface area contributed by atoms with Gasteiger partial charge in [-0.2, -0.15) is 0 Å². The van der Waals surface area contributed by atoms with Crippen LogP contribution in [0.15, 0.2) is 97.1 Å². The second kappa shape index (κ2) is 10.9. The lowest BCUT2D eigenvalue weighted by Gasteiger charge is -2.13. The van der Waals surface area contributed by atoms with Gasteiger partial charge in [0.1, 0.15) is 0 Å². The molecule has 180 valence electrons. The van der Waals surface area contributed by atoms with Gasteiger partial charge in [0.15, 0.2) is 0 Å². The van der Waals surface area contributed by atoms with Crippen LogP contribution in [0.25, 0.3) is 33.3 Å². The number of aromatic nitrogens is 2. The summed E-state index contributed by atoms with van der Waals surface area (Å²) in [5, 5.41) is 2.52. The van der Waals surface area contributed by atoms with Gasteiger partial charge in [-0.15, -0.1) is 0 Å². The van der Waals surface area contributed by atoms with E-state index in [9.17, 15) is 0 Å². The Bertz CT molecular complexity index is 1450. The van der Waals surface area contributed by atoms with Crippen molar-refractivity contribution in [3.05, 3.63) is 120 Å². The smallest absolute Gasteiger partial charge is 0.0783 e. The van der Waals surface area contributed by atoms with Gasteiger partial charge in [0.2, 0.25) is 0 Å². The zero-order valence-corrected chi connectivity index (χ0v) is 21.5. The number of rotatable bonds is 8. The molecule has 0 saturated heterocycles. The summed E-state index contributed by atoms with van der Waals surface area (Å²) in [7, 11) is 0. The first-order valence-corrected chi connectivity index (χ1v) is 13.1. The number of benzene rings is 3. The van der Waals surface area contributed by atoms with E-state index in [2.05, 4.69) is 112 Å². The molecule has 3 aromatic carbocycles. The van der Waals surface area contributed by atoms with Crippen LogP contribution in [-0.2, 0) is 12.8 Å². The third kappa shape index (κ3) is 5.54. The molecule has 0 N–H and O–H groups in total. The average Bonchev–Trinajstić information content (AvgIpc) is 2.91. The number of nitrogens with zero attached hydrogens (tertiary/aromatic N) is 2. The van der Waals surface area contributed by atoms with E-state index in [-0.39, 0.29) is 0 Å². The minimum absolute atomic E-state index is 0.507. The number of aryl methyl sites for hydroxylation is 3. The standard InChI is InChI=1S/C34H34N2/c1-24(2)28-20-21-32-29(22-28)23-31(36-34(32)27-18-16-25(3)17-19-27)13-8-7-12-30-14-9-15-33(35-30)26-10-5-4-6-11-26/h4-6,9-11,14-24H,7-8,12-13H2,1-3H3. The van der Waals surface area contributed by atoms with Gasteiger partial charge in [-0.05, 0) is 67.7 Å². The van der Waals surface area contributed by atoms with Crippen molar-refractivity contribution >= 4 is 10.8 Å². The Morgan fingerprint density at radius 3 is 2.14 bits per heavy atom. The Morgan fingerprint density at radius 1 is 0.639 bits per heavy atom. The van der Waals surface area contributed by atoms with Crippen molar-refractivity contribution in [2.24, 2.45) is 0 Å². The molecule has 2 heterocycles. The second-order valence-electron chi connectivity index (χ2n) is 10.1. The van der Waals surface area contributed by atoms with Crippen LogP contribution >= 0.6 is 0 Å². The van der Waals surface area contributed by atoms with Crippen LogP contribution in [0.4, 0.5) is 0 Å². The molecule has 0 aliphatic heterocycles. The zero-order chi connectivity index (χ0) is 24.9. The highest BCUT2D eigenvalue weighted by Gasteiger charge is 2.11. The third-order valence-corrected chi connectivity index (χ3v) is 6.89. The first-order valence-electron chi connectivity index (χ1n) is 13.1. The van der Waals surface area contributed by atoms with Gasteiger partial charge in [-0.1, -0.05) is 98.3 Å². The Labute approximate surface area is 215 Å². The summed E-state index contributed by atoms with van der Waals surface area (Å²) in [4.78, 5) is 10.1. The maximum Gasteiger partial charge on any atom is 0.0783 e. The maximum absolute atomic E-state index is 5.16. The Hall–Kier alpha value is -3.78. The van der Waals surface area contributed by atoms with E-state index in [1.807, 2.05) is 6.07 Å². The van der Waals surface area contributed by atoms with Crippen LogP contribution < -0.4 is 0 Å². The van der Waals surface area contributed by atoms with Crippen LogP contribution in [0.3, 0.4) is 0 Å². The summed E-state index contributed by atoms with van der Waals surface area (Å²) >= 11 is 0. The number of hydrogen-bond acceptors (Lipinski definition) is 2. The summed E-state index contributed by atoms with van der Waals surface area (Å²) in [5.41, 5.74) is 9.47. The lowest BCUT2D eigenvalue weighted by molar-refractivity contribution is 0.714. The molecule has 5 aromatic rings. The minimum Gasteiger partial charge on any atom is -0.253 e. The maximum atomic E-state index is 5.16. The highest BCUT2D eigenvalue weighted by atomic mass is 14.7. The molecule has 0 atom stereocenters. The topological polar surface area (TPSA) is 25.8 Å². The van der Waals surface area contributed by atoms with Gasteiger partial charge < -0.3 is 0 Å². The molecule has 2 aromatic heterocycles. The minimum atomic E-state index is 0.507. The van der Waals surface area contributed by atoms with Crippen molar-refractivity contribution in [1.29, 1.82) is 0 Å². The highest BCUT2D eigenvalue weighted by Crippen LogP contribution is 2.31. The molecule has 0 fully saturated rings. The van der Waals surface area contributed by atoms with Gasteiger partial charge in [-0.3, -0.25) is 9.97 Å². The molecule has 5 rings (SSSR count). The molecular weight excluding hydrogens is 436 g/mol. The summed E-state index contributed by atoms with van der Waals surface area (Å²) in [6, 6.07) is 34.7. The van der Waals surface area contributed by atoms with E-state index >= 15 is 0 Å². The van der Waals surface area contributed by atoms with Gasteiger partial charge >= 0.3 is 0 Å². The third-order valence-electron chi connectivity index (χ3n) is 6.89. The van der Waals surface area contributed by atoms with E-state index in [1.165, 1.54) is 38.7 Å². The lowest BCUT2D eigenvalue weighted by atomic mass is 9.96. The fourth-order valence-corrected chi connectivity index (χ4v) is 4.75. The average molecular weight is 471 g/mol. The Balaban J connectivity index is 1.34. The molecule has 0 saturated carbocycles. The van der Waals surface area contributed by atoms with Crippen LogP contribution in [0.5, 0.6) is 0 Å². The zero-order valence-electron chi connectivity index (χ0n) is 21.5. The second-order valence-corrected chi connectivity index (χ2v) is 10.1. The molecule has 0 amide bonds. The summed E-state index contributed by atoms with van der Waals surface area (Å²) in [6.45, 7) is 6.64. The summed E-state index contributed by atoms with van der Waals surface area (Å²) in [6.07, 6.45) is 4.14. The van der Waals surface area contributed by atoms with Crippen LogP contribution in [0, 0.1) is 6.92 Å². The van der Waals surface area contributed by atoms with E-state index < -0.39 is 0 Å². The van der Waals surface area contributed by atoms with E-state index in [0.717, 1.165) is 42.8 Å². The van der Waals surface area contributed by atoms with Crippen molar-refractivity contribution < 1.29 is 0 Å². The fourth-order valence-electron chi connectivity index (χ4n) is 4.75.